The molecule has 0 aromatic carbocycles. The molecule has 2 unspecified atom stereocenters. The van der Waals surface area contributed by atoms with Crippen molar-refractivity contribution < 1.29 is 14.5 Å². The number of nitrogens with one attached hydrogen (secondary N) is 1. The van der Waals surface area contributed by atoms with Gasteiger partial charge in [-0.15, -0.1) is 0 Å². The molecule has 15 heavy (non-hydrogen) atoms. The van der Waals surface area contributed by atoms with Crippen LogP contribution in [-0.4, -0.2) is 41.9 Å². The van der Waals surface area contributed by atoms with Gasteiger partial charge < -0.3 is 4.74 Å². The summed E-state index contributed by atoms with van der Waals surface area (Å²) in [5.74, 6) is 0.512. The van der Waals surface area contributed by atoms with E-state index in [1.165, 1.54) is 0 Å². The molecule has 0 aromatic rings. The van der Waals surface area contributed by atoms with Crippen LogP contribution in [0.15, 0.2) is 0 Å². The fraction of sp³-hybridized carbons (Fsp3) is 0.818. The van der Waals surface area contributed by atoms with E-state index in [1.807, 2.05) is 25.7 Å². The maximum atomic E-state index is 11.9. The number of carbonyl (C=O) groups excluding carboxylic acids is 1. The zero-order valence-electron chi connectivity index (χ0n) is 9.62. The second kappa shape index (κ2) is 3.51. The monoisotopic (exact) mass is 211 g/mol. The van der Waals surface area contributed by atoms with Crippen molar-refractivity contribution in [3.8, 4) is 0 Å². The highest BCUT2D eigenvalue weighted by atomic mass is 16.6. The van der Waals surface area contributed by atoms with Gasteiger partial charge in [-0.2, -0.15) is 0 Å². The summed E-state index contributed by atoms with van der Waals surface area (Å²) >= 11 is 0. The summed E-state index contributed by atoms with van der Waals surface area (Å²) in [6.45, 7) is 7.39. The van der Waals surface area contributed by atoms with Crippen molar-refractivity contribution in [2.24, 2.45) is 5.92 Å². The van der Waals surface area contributed by atoms with Crippen LogP contribution in [0.3, 0.4) is 0 Å². The van der Waals surface area contributed by atoms with Crippen LogP contribution in [0.4, 0.5) is 4.79 Å². The smallest absolute Gasteiger partial charge is 0.410 e. The van der Waals surface area contributed by atoms with Crippen molar-refractivity contribution in [3.63, 3.8) is 0 Å². The van der Waals surface area contributed by atoms with Crippen LogP contribution in [0, 0.1) is 5.92 Å². The number of hydrogen-bond acceptors (Lipinski definition) is 2. The Morgan fingerprint density at radius 3 is 2.93 bits per heavy atom. The Morgan fingerprint density at radius 1 is 1.53 bits per heavy atom. The molecule has 2 aliphatic rings. The Balaban J connectivity index is 1.97. The first-order chi connectivity index (χ1) is 6.97. The van der Waals surface area contributed by atoms with Gasteiger partial charge in [0.05, 0.1) is 5.92 Å². The first kappa shape index (κ1) is 10.5. The summed E-state index contributed by atoms with van der Waals surface area (Å²) in [7, 11) is 0. The van der Waals surface area contributed by atoms with Crippen LogP contribution in [0.1, 0.15) is 27.2 Å². The molecule has 2 heterocycles. The van der Waals surface area contributed by atoms with Crippen molar-refractivity contribution in [1.82, 2.24) is 4.90 Å². The van der Waals surface area contributed by atoms with Gasteiger partial charge in [0.2, 0.25) is 0 Å². The third-order valence-electron chi connectivity index (χ3n) is 2.88. The summed E-state index contributed by atoms with van der Waals surface area (Å²) in [4.78, 5) is 16.9. The second-order valence-corrected chi connectivity index (χ2v) is 5.27. The number of likely N-dealkylation sites (tertiary alicyclic amines) is 1. The molecule has 2 atom stereocenters. The van der Waals surface area contributed by atoms with E-state index in [0.29, 0.717) is 12.0 Å². The largest absolute Gasteiger partial charge is 0.444 e. The summed E-state index contributed by atoms with van der Waals surface area (Å²) in [6.07, 6.45) is 2.98. The van der Waals surface area contributed by atoms with Gasteiger partial charge in [0.1, 0.15) is 17.9 Å². The number of rotatable bonds is 0. The topological polar surface area (TPSA) is 43.5 Å². The molecule has 1 fully saturated rings. The fourth-order valence-corrected chi connectivity index (χ4v) is 2.22. The second-order valence-electron chi connectivity index (χ2n) is 5.27. The number of nitrogens with zero attached hydrogens (tertiary/aromatic N) is 1. The van der Waals surface area contributed by atoms with Gasteiger partial charge in [-0.1, -0.05) is 0 Å². The third-order valence-corrected chi connectivity index (χ3v) is 2.88. The molecule has 0 saturated carbocycles. The van der Waals surface area contributed by atoms with E-state index in [0.717, 1.165) is 19.5 Å². The highest BCUT2D eigenvalue weighted by molar-refractivity contribution is 5.71. The van der Waals surface area contributed by atoms with Gasteiger partial charge in [0, 0.05) is 6.54 Å². The molecule has 0 radical (unpaired) electrons. The van der Waals surface area contributed by atoms with Gasteiger partial charge >= 0.3 is 6.09 Å². The normalized spacial score (nSPS) is 29.4. The highest BCUT2D eigenvalue weighted by Crippen LogP contribution is 2.24. The van der Waals surface area contributed by atoms with Crippen molar-refractivity contribution in [1.29, 1.82) is 0 Å². The zero-order chi connectivity index (χ0) is 11.1. The lowest BCUT2D eigenvalue weighted by molar-refractivity contribution is -0.447. The van der Waals surface area contributed by atoms with Crippen LogP contribution in [-0.2, 0) is 4.74 Å². The molecular weight excluding hydrogens is 192 g/mol. The minimum Gasteiger partial charge on any atom is -0.444 e. The van der Waals surface area contributed by atoms with E-state index in [4.69, 9.17) is 4.74 Å². The molecule has 1 amide bonds. The van der Waals surface area contributed by atoms with E-state index < -0.39 is 5.60 Å². The first-order valence-electron chi connectivity index (χ1n) is 5.54. The van der Waals surface area contributed by atoms with Crippen LogP contribution in [0.5, 0.6) is 0 Å². The molecule has 4 heteroatoms. The van der Waals surface area contributed by atoms with Crippen LogP contribution < -0.4 is 4.99 Å². The maximum absolute atomic E-state index is 11.9. The molecule has 4 nitrogen and oxygen atoms in total. The summed E-state index contributed by atoms with van der Waals surface area (Å²) in [6, 6.07) is 0.305. The lowest BCUT2D eigenvalue weighted by atomic mass is 10.1. The van der Waals surface area contributed by atoms with Gasteiger partial charge in [-0.25, -0.2) is 9.79 Å². The van der Waals surface area contributed by atoms with Crippen LogP contribution in [0.2, 0.25) is 0 Å². The number of fused-ring (bicyclic) bond motifs is 1. The SMILES string of the molecule is CC(C)(C)OC(=O)N1CCC2C=[NH+]CC21. The average Bonchev–Trinajstić information content (AvgIpc) is 2.57. The predicted molar refractivity (Wildman–Crippen MR) is 56.7 cm³/mol. The Bertz CT molecular complexity index is 293. The molecule has 0 aliphatic carbocycles. The van der Waals surface area contributed by atoms with Crippen molar-refractivity contribution in [3.05, 3.63) is 0 Å². The molecule has 84 valence electrons. The number of ether oxygens (including phenoxy) is 1. The van der Waals surface area contributed by atoms with E-state index >= 15 is 0 Å². The maximum Gasteiger partial charge on any atom is 0.410 e. The van der Waals surface area contributed by atoms with Gasteiger partial charge in [0.15, 0.2) is 6.54 Å². The van der Waals surface area contributed by atoms with Gasteiger partial charge in [0.25, 0.3) is 0 Å². The minimum atomic E-state index is -0.398. The molecule has 1 N–H and O–H groups in total. The fourth-order valence-electron chi connectivity index (χ4n) is 2.22. The van der Waals surface area contributed by atoms with E-state index in [2.05, 4.69) is 11.2 Å². The predicted octanol–water partition coefficient (Wildman–Crippen LogP) is -0.223. The van der Waals surface area contributed by atoms with Crippen LogP contribution in [0.25, 0.3) is 0 Å². The molecule has 0 bridgehead atoms. The third kappa shape index (κ3) is 2.13. The zero-order valence-corrected chi connectivity index (χ0v) is 9.62. The van der Waals surface area contributed by atoms with Gasteiger partial charge in [-0.3, -0.25) is 4.90 Å². The van der Waals surface area contributed by atoms with Crippen molar-refractivity contribution in [2.45, 2.75) is 38.8 Å². The summed E-state index contributed by atoms with van der Waals surface area (Å²) in [5, 5.41) is 0. The Labute approximate surface area is 90.3 Å². The van der Waals surface area contributed by atoms with Crippen molar-refractivity contribution in [2.75, 3.05) is 13.1 Å². The lowest BCUT2D eigenvalue weighted by Gasteiger charge is -2.26. The first-order valence-corrected chi connectivity index (χ1v) is 5.54. The molecule has 2 aliphatic heterocycles. The Morgan fingerprint density at radius 2 is 2.27 bits per heavy atom. The molecular formula is C11H19N2O2+. The van der Waals surface area contributed by atoms with Crippen molar-refractivity contribution >= 4 is 12.3 Å². The number of amides is 1. The van der Waals surface area contributed by atoms with Crippen LogP contribution >= 0.6 is 0 Å². The van der Waals surface area contributed by atoms with Gasteiger partial charge in [-0.05, 0) is 27.2 Å². The Kier molecular flexibility index (Phi) is 2.44. The molecule has 0 aromatic heterocycles. The molecule has 0 spiro atoms. The number of carbonyl (C=O) groups is 1. The highest BCUT2D eigenvalue weighted by Gasteiger charge is 2.43. The van der Waals surface area contributed by atoms with E-state index in [1.54, 1.807) is 0 Å². The van der Waals surface area contributed by atoms with E-state index in [9.17, 15) is 4.79 Å². The number of hydrogen-bond donors (Lipinski definition) is 1. The summed E-state index contributed by atoms with van der Waals surface area (Å²) < 4.78 is 5.38. The summed E-state index contributed by atoms with van der Waals surface area (Å²) in [5.41, 5.74) is -0.398. The standard InChI is InChI=1S/C11H18N2O2/c1-11(2,3)15-10(14)13-5-4-8-6-12-7-9(8)13/h6,8-9H,4-5,7H2,1-3H3/p+1. The Hall–Kier alpha value is -1.06. The molecule has 2 rings (SSSR count). The molecule has 1 saturated heterocycles. The minimum absolute atomic E-state index is 0.174. The van der Waals surface area contributed by atoms with E-state index in [-0.39, 0.29) is 6.09 Å². The quantitative estimate of drug-likeness (QED) is 0.602. The average molecular weight is 211 g/mol. The lowest BCUT2D eigenvalue weighted by Crippen LogP contribution is -2.68.